The fraction of sp³-hybridized carbons (Fsp3) is 0.364. The van der Waals surface area contributed by atoms with E-state index in [-0.39, 0.29) is 39.5 Å². The van der Waals surface area contributed by atoms with Gasteiger partial charge >= 0.3 is 52.6 Å². The molecular formula is C22H34Cl2N2O10PdSi2. The number of aliphatic imine (C=N–C) groups is 2. The fourth-order valence-electron chi connectivity index (χ4n) is 2.70. The minimum atomic E-state index is -3.94. The zero-order valence-electron chi connectivity index (χ0n) is 21.2. The second-order valence-corrected chi connectivity index (χ2v) is 14.2. The quantitative estimate of drug-likeness (QED) is 0.0905. The van der Waals surface area contributed by atoms with Gasteiger partial charge in [0.2, 0.25) is 0 Å². The van der Waals surface area contributed by atoms with Gasteiger partial charge in [0.05, 0.1) is 14.2 Å². The zero-order chi connectivity index (χ0) is 29.9. The average molecular weight is 720 g/mol. The van der Waals surface area contributed by atoms with Crippen LogP contribution >= 0.6 is 19.1 Å². The van der Waals surface area contributed by atoms with E-state index in [1.807, 2.05) is 0 Å². The van der Waals surface area contributed by atoms with Crippen LogP contribution in [0.25, 0.3) is 0 Å². The minimum absolute atomic E-state index is 0.0246. The van der Waals surface area contributed by atoms with Crippen molar-refractivity contribution in [3.63, 3.8) is 0 Å². The normalized spacial score (nSPS) is 11.6. The molecule has 0 fully saturated rings. The molecule has 17 heteroatoms. The Bertz CT molecular complexity index is 946. The van der Waals surface area contributed by atoms with Crippen LogP contribution in [0.1, 0.15) is 24.0 Å². The van der Waals surface area contributed by atoms with Crippen molar-refractivity contribution in [1.29, 1.82) is 0 Å². The molecule has 0 bridgehead atoms. The summed E-state index contributed by atoms with van der Waals surface area (Å²) in [5, 5.41) is 18.8. The van der Waals surface area contributed by atoms with Crippen LogP contribution in [0.4, 0.5) is 0 Å². The van der Waals surface area contributed by atoms with Crippen molar-refractivity contribution in [1.82, 2.24) is 0 Å². The van der Waals surface area contributed by atoms with E-state index >= 15 is 0 Å². The fourth-order valence-corrected chi connectivity index (χ4v) is 3.97. The van der Waals surface area contributed by atoms with Crippen LogP contribution in [-0.4, -0.2) is 96.3 Å². The van der Waals surface area contributed by atoms with Crippen molar-refractivity contribution >= 4 is 49.1 Å². The van der Waals surface area contributed by atoms with Crippen LogP contribution < -0.4 is 9.47 Å². The molecule has 0 unspecified atom stereocenters. The summed E-state index contributed by atoms with van der Waals surface area (Å²) in [6, 6.07) is 9.62. The van der Waals surface area contributed by atoms with E-state index in [4.69, 9.17) is 57.3 Å². The first-order chi connectivity index (χ1) is 18.3. The maximum atomic E-state index is 9.39. The molecule has 2 aromatic rings. The van der Waals surface area contributed by atoms with Gasteiger partial charge in [-0.1, -0.05) is 0 Å². The molecule has 0 spiro atoms. The van der Waals surface area contributed by atoms with Gasteiger partial charge in [-0.3, -0.25) is 9.98 Å². The molecule has 0 aliphatic rings. The van der Waals surface area contributed by atoms with Gasteiger partial charge < -0.3 is 48.5 Å². The summed E-state index contributed by atoms with van der Waals surface area (Å²) in [6.45, 7) is 0.777. The predicted octanol–water partition coefficient (Wildman–Crippen LogP) is 1.63. The molecule has 0 saturated carbocycles. The molecule has 39 heavy (non-hydrogen) atoms. The maximum absolute atomic E-state index is 9.39. The SMILES string of the molecule is COc1cc(C=NCCC[Si](O)(O)O)ccc1O.COc1cc(C=NCCC[Si](O)(O)O)ccc1O.[Cl][Pd][Cl]. The van der Waals surface area contributed by atoms with E-state index in [0.29, 0.717) is 37.4 Å². The second-order valence-electron chi connectivity index (χ2n) is 7.73. The molecule has 224 valence electrons. The topological polar surface area (TPSA) is 205 Å². The molecule has 0 heterocycles. The van der Waals surface area contributed by atoms with Crippen LogP contribution in [0.5, 0.6) is 23.0 Å². The third kappa shape index (κ3) is 20.0. The van der Waals surface area contributed by atoms with Crippen molar-refractivity contribution in [3.05, 3.63) is 47.5 Å². The molecule has 0 aliphatic carbocycles. The summed E-state index contributed by atoms with van der Waals surface area (Å²) in [7, 11) is 4.68. The Morgan fingerprint density at radius 2 is 1.05 bits per heavy atom. The summed E-state index contributed by atoms with van der Waals surface area (Å²) < 4.78 is 9.91. The third-order valence-electron chi connectivity index (χ3n) is 4.49. The summed E-state index contributed by atoms with van der Waals surface area (Å²) >= 11 is -0.106. The molecule has 0 aliphatic heterocycles. The molecule has 8 N–H and O–H groups in total. The molecule has 0 aromatic heterocycles. The van der Waals surface area contributed by atoms with E-state index in [0.717, 1.165) is 11.1 Å². The van der Waals surface area contributed by atoms with Crippen LogP contribution in [0.15, 0.2) is 46.4 Å². The van der Waals surface area contributed by atoms with Gasteiger partial charge in [-0.15, -0.1) is 0 Å². The van der Waals surface area contributed by atoms with E-state index in [1.54, 1.807) is 36.7 Å². The number of phenolic OH excluding ortho intramolecular Hbond substituents is 2. The van der Waals surface area contributed by atoms with Gasteiger partial charge in [0.15, 0.2) is 23.0 Å². The van der Waals surface area contributed by atoms with Crippen molar-refractivity contribution in [2.24, 2.45) is 9.98 Å². The van der Waals surface area contributed by atoms with Crippen LogP contribution in [0, 0.1) is 0 Å². The molecule has 2 aromatic carbocycles. The molecule has 12 nitrogen and oxygen atoms in total. The van der Waals surface area contributed by atoms with E-state index < -0.39 is 17.6 Å². The molecular weight excluding hydrogens is 686 g/mol. The Hall–Kier alpha value is -1.58. The average Bonchev–Trinajstić information content (AvgIpc) is 2.85. The van der Waals surface area contributed by atoms with E-state index in [1.165, 1.54) is 26.4 Å². The molecule has 2 rings (SSSR count). The first-order valence-corrected chi connectivity index (χ1v) is 19.3. The second kappa shape index (κ2) is 20.3. The van der Waals surface area contributed by atoms with Crippen LogP contribution in [0.2, 0.25) is 12.1 Å². The number of hydrogen-bond acceptors (Lipinski definition) is 12. The van der Waals surface area contributed by atoms with Gasteiger partial charge in [0.1, 0.15) is 0 Å². The Balaban J connectivity index is 0.000000673. The Morgan fingerprint density at radius 1 is 0.718 bits per heavy atom. The number of benzene rings is 2. The Labute approximate surface area is 245 Å². The third-order valence-corrected chi connectivity index (χ3v) is 6.54. The number of methoxy groups -OCH3 is 2. The van der Waals surface area contributed by atoms with Gasteiger partial charge in [0.25, 0.3) is 0 Å². The van der Waals surface area contributed by atoms with Gasteiger partial charge in [0, 0.05) is 37.6 Å². The van der Waals surface area contributed by atoms with Crippen molar-refractivity contribution < 1.29 is 64.4 Å². The summed E-state index contributed by atoms with van der Waals surface area (Å²) in [4.78, 5) is 60.9. The predicted molar refractivity (Wildman–Crippen MR) is 150 cm³/mol. The number of phenols is 2. The summed E-state index contributed by atoms with van der Waals surface area (Å²) in [5.41, 5.74) is 1.54. The Kier molecular flexibility index (Phi) is 19.5. The first-order valence-electron chi connectivity index (χ1n) is 11.2. The Morgan fingerprint density at radius 3 is 1.33 bits per heavy atom. The summed E-state index contributed by atoms with van der Waals surface area (Å²) in [6.07, 6.45) is 4.00. The number of hydrogen-bond donors (Lipinski definition) is 8. The van der Waals surface area contributed by atoms with E-state index in [9.17, 15) is 10.2 Å². The van der Waals surface area contributed by atoms with Crippen LogP contribution in [-0.2, 0) is 15.9 Å². The monoisotopic (exact) mass is 718 g/mol. The van der Waals surface area contributed by atoms with Crippen molar-refractivity contribution in [3.8, 4) is 23.0 Å². The van der Waals surface area contributed by atoms with Crippen molar-refractivity contribution in [2.45, 2.75) is 24.9 Å². The number of rotatable bonds is 12. The van der Waals surface area contributed by atoms with Crippen molar-refractivity contribution in [2.75, 3.05) is 27.3 Å². The molecule has 0 radical (unpaired) electrons. The zero-order valence-corrected chi connectivity index (χ0v) is 26.3. The molecule has 0 amide bonds. The molecule has 0 atom stereocenters. The number of nitrogens with zero attached hydrogens (tertiary/aromatic N) is 2. The van der Waals surface area contributed by atoms with Gasteiger partial charge in [-0.05, 0) is 60.4 Å². The van der Waals surface area contributed by atoms with Gasteiger partial charge in [-0.2, -0.15) is 0 Å². The van der Waals surface area contributed by atoms with Gasteiger partial charge in [-0.25, -0.2) is 0 Å². The van der Waals surface area contributed by atoms with E-state index in [2.05, 4.69) is 9.98 Å². The first kappa shape index (κ1) is 37.4. The summed E-state index contributed by atoms with van der Waals surface area (Å²) in [5.74, 6) is 0.857. The van der Waals surface area contributed by atoms with Crippen LogP contribution in [0.3, 0.4) is 0 Å². The number of halogens is 2. The standard InChI is InChI=1S/2C11H17NO5Si.2ClH.Pd/c2*1-17-11-7-9(3-4-10(11)13)8-12-5-2-6-18(14,15)16;;;/h2*3-4,7-8,13-16H,2,5-6H2,1H3;2*1H;/q;;;;+2/p-2. The molecule has 0 saturated heterocycles. The number of aromatic hydroxyl groups is 2. The number of ether oxygens (including phenoxy) is 2.